The molecule has 7 heteroatoms. The van der Waals surface area contributed by atoms with Gasteiger partial charge in [0.1, 0.15) is 23.3 Å². The summed E-state index contributed by atoms with van der Waals surface area (Å²) in [5, 5.41) is 2.67. The lowest BCUT2D eigenvalue weighted by atomic mass is 10.2. The van der Waals surface area contributed by atoms with Crippen LogP contribution >= 0.6 is 0 Å². The fraction of sp³-hybridized carbons (Fsp3) is 0.176. The number of nitrogens with one attached hydrogen (secondary N) is 1. The number of benzene rings is 2. The monoisotopic (exact) mass is 333 g/mol. The van der Waals surface area contributed by atoms with E-state index in [0.29, 0.717) is 16.9 Å². The van der Waals surface area contributed by atoms with Crippen molar-refractivity contribution in [3.8, 4) is 5.69 Å². The van der Waals surface area contributed by atoms with Gasteiger partial charge in [0.15, 0.2) is 0 Å². The van der Waals surface area contributed by atoms with Crippen LogP contribution in [0.3, 0.4) is 0 Å². The van der Waals surface area contributed by atoms with Gasteiger partial charge >= 0.3 is 0 Å². The topological polar surface area (TPSA) is 46.9 Å². The van der Waals surface area contributed by atoms with E-state index < -0.39 is 23.5 Å². The van der Waals surface area contributed by atoms with Crippen LogP contribution in [0.2, 0.25) is 0 Å². The first-order valence-corrected chi connectivity index (χ1v) is 7.26. The molecule has 124 valence electrons. The number of imidazole rings is 1. The van der Waals surface area contributed by atoms with E-state index in [0.717, 1.165) is 18.2 Å². The normalized spacial score (nSPS) is 12.4. The van der Waals surface area contributed by atoms with E-state index in [-0.39, 0.29) is 11.6 Å². The van der Waals surface area contributed by atoms with Gasteiger partial charge in [-0.2, -0.15) is 0 Å². The molecule has 0 bridgehead atoms. The Labute approximate surface area is 135 Å². The van der Waals surface area contributed by atoms with Gasteiger partial charge in [-0.3, -0.25) is 9.36 Å². The van der Waals surface area contributed by atoms with Gasteiger partial charge in [0.05, 0.1) is 22.8 Å². The summed E-state index contributed by atoms with van der Waals surface area (Å²) in [5.41, 5.74) is 0.966. The summed E-state index contributed by atoms with van der Waals surface area (Å²) < 4.78 is 42.3. The maximum atomic E-state index is 13.7. The van der Waals surface area contributed by atoms with Crippen LogP contribution in [0.4, 0.5) is 13.2 Å². The van der Waals surface area contributed by atoms with E-state index in [4.69, 9.17) is 0 Å². The van der Waals surface area contributed by atoms with Gasteiger partial charge < -0.3 is 5.32 Å². The maximum absolute atomic E-state index is 13.7. The lowest BCUT2D eigenvalue weighted by Gasteiger charge is -2.15. The quantitative estimate of drug-likeness (QED) is 0.795. The van der Waals surface area contributed by atoms with E-state index in [1.54, 1.807) is 6.92 Å². The molecule has 1 amide bonds. The average Bonchev–Trinajstić information content (AvgIpc) is 2.84. The van der Waals surface area contributed by atoms with Crippen molar-refractivity contribution in [2.75, 3.05) is 0 Å². The van der Waals surface area contributed by atoms with Gasteiger partial charge in [-0.25, -0.2) is 18.2 Å². The molecule has 0 saturated heterocycles. The molecule has 4 nitrogen and oxygen atoms in total. The molecule has 2 aromatic carbocycles. The average molecular weight is 333 g/mol. The van der Waals surface area contributed by atoms with Crippen LogP contribution in [0.15, 0.2) is 36.4 Å². The smallest absolute Gasteiger partial charge is 0.217 e. The third-order valence-electron chi connectivity index (χ3n) is 3.56. The Bertz CT molecular complexity index is 916. The van der Waals surface area contributed by atoms with Gasteiger partial charge in [-0.1, -0.05) is 0 Å². The van der Waals surface area contributed by atoms with Gasteiger partial charge in [-0.05, 0) is 31.2 Å². The molecule has 3 aromatic rings. The third kappa shape index (κ3) is 2.97. The summed E-state index contributed by atoms with van der Waals surface area (Å²) in [6.07, 6.45) is 0. The summed E-state index contributed by atoms with van der Waals surface area (Å²) in [4.78, 5) is 15.7. The summed E-state index contributed by atoms with van der Waals surface area (Å²) >= 11 is 0. The van der Waals surface area contributed by atoms with Gasteiger partial charge in [0, 0.05) is 19.1 Å². The number of rotatable bonds is 3. The number of hydrogen-bond donors (Lipinski definition) is 1. The Morgan fingerprint density at radius 1 is 1.08 bits per heavy atom. The van der Waals surface area contributed by atoms with E-state index >= 15 is 0 Å². The highest BCUT2D eigenvalue weighted by Gasteiger charge is 2.20. The van der Waals surface area contributed by atoms with Crippen molar-refractivity contribution < 1.29 is 18.0 Å². The highest BCUT2D eigenvalue weighted by atomic mass is 19.1. The molecular weight excluding hydrogens is 319 g/mol. The van der Waals surface area contributed by atoms with Crippen molar-refractivity contribution in [2.45, 2.75) is 19.9 Å². The first kappa shape index (κ1) is 16.0. The number of fused-ring (bicyclic) bond motifs is 1. The molecule has 0 spiro atoms. The number of amides is 1. The largest absolute Gasteiger partial charge is 0.347 e. The van der Waals surface area contributed by atoms with Crippen molar-refractivity contribution in [3.63, 3.8) is 0 Å². The zero-order valence-electron chi connectivity index (χ0n) is 13.0. The van der Waals surface area contributed by atoms with E-state index in [9.17, 15) is 18.0 Å². The number of carbonyl (C=O) groups excluding carboxylic acids is 1. The number of halogens is 3. The molecule has 1 N–H and O–H groups in total. The van der Waals surface area contributed by atoms with Crippen molar-refractivity contribution in [2.24, 2.45) is 0 Å². The van der Waals surface area contributed by atoms with Crippen molar-refractivity contribution in [3.05, 3.63) is 59.7 Å². The van der Waals surface area contributed by atoms with Crippen molar-refractivity contribution in [1.29, 1.82) is 0 Å². The minimum absolute atomic E-state index is 0.160. The highest BCUT2D eigenvalue weighted by Crippen LogP contribution is 2.27. The molecule has 1 atom stereocenters. The number of nitrogens with zero attached hydrogens (tertiary/aromatic N) is 2. The molecule has 0 aliphatic rings. The standard InChI is InChI=1S/C17H14F3N3O/c1-9(21-10(2)24)17-22-15-4-3-11(18)8-16(15)23(17)14-6-12(19)5-13(20)7-14/h3-9H,1-2H3,(H,21,24). The highest BCUT2D eigenvalue weighted by molar-refractivity contribution is 5.79. The molecule has 3 rings (SSSR count). The zero-order chi connectivity index (χ0) is 17.4. The fourth-order valence-corrected chi connectivity index (χ4v) is 2.67. The minimum atomic E-state index is -0.763. The Morgan fingerprint density at radius 2 is 1.75 bits per heavy atom. The number of carbonyl (C=O) groups is 1. The van der Waals surface area contributed by atoms with Gasteiger partial charge in [0.25, 0.3) is 0 Å². The van der Waals surface area contributed by atoms with E-state index in [1.165, 1.54) is 29.7 Å². The van der Waals surface area contributed by atoms with Crippen LogP contribution in [0.1, 0.15) is 25.7 Å². The Hall–Kier alpha value is -2.83. The number of hydrogen-bond acceptors (Lipinski definition) is 2. The van der Waals surface area contributed by atoms with Crippen LogP contribution in [-0.2, 0) is 4.79 Å². The second kappa shape index (κ2) is 5.99. The van der Waals surface area contributed by atoms with Crippen molar-refractivity contribution >= 4 is 16.9 Å². The van der Waals surface area contributed by atoms with Crippen LogP contribution in [0.25, 0.3) is 16.7 Å². The molecule has 0 fully saturated rings. The second-order valence-corrected chi connectivity index (χ2v) is 5.49. The molecule has 0 saturated carbocycles. The lowest BCUT2D eigenvalue weighted by molar-refractivity contribution is -0.119. The molecule has 0 aliphatic carbocycles. The predicted octanol–water partition coefficient (Wildman–Crippen LogP) is 3.64. The molecule has 1 unspecified atom stereocenters. The van der Waals surface area contributed by atoms with Crippen LogP contribution in [-0.4, -0.2) is 15.5 Å². The van der Waals surface area contributed by atoms with Crippen LogP contribution in [0.5, 0.6) is 0 Å². The second-order valence-electron chi connectivity index (χ2n) is 5.49. The van der Waals surface area contributed by atoms with Crippen molar-refractivity contribution in [1.82, 2.24) is 14.9 Å². The predicted molar refractivity (Wildman–Crippen MR) is 83.2 cm³/mol. The summed E-state index contributed by atoms with van der Waals surface area (Å²) in [7, 11) is 0. The minimum Gasteiger partial charge on any atom is -0.347 e. The number of aromatic nitrogens is 2. The molecule has 0 radical (unpaired) electrons. The Kier molecular flexibility index (Phi) is 4.01. The molecule has 0 aliphatic heterocycles. The first-order chi connectivity index (χ1) is 11.3. The van der Waals surface area contributed by atoms with E-state index in [1.807, 2.05) is 0 Å². The van der Waals surface area contributed by atoms with Gasteiger partial charge in [-0.15, -0.1) is 0 Å². The Morgan fingerprint density at radius 3 is 2.38 bits per heavy atom. The molecule has 1 aromatic heterocycles. The summed E-state index contributed by atoms with van der Waals surface area (Å²) in [6, 6.07) is 6.41. The fourth-order valence-electron chi connectivity index (χ4n) is 2.67. The summed E-state index contributed by atoms with van der Waals surface area (Å²) in [5.74, 6) is -1.96. The van der Waals surface area contributed by atoms with Crippen LogP contribution in [0, 0.1) is 17.5 Å². The SMILES string of the molecule is CC(=O)NC(C)c1nc2ccc(F)cc2n1-c1cc(F)cc(F)c1. The molecule has 24 heavy (non-hydrogen) atoms. The van der Waals surface area contributed by atoms with E-state index in [2.05, 4.69) is 10.3 Å². The summed E-state index contributed by atoms with van der Waals surface area (Å²) in [6.45, 7) is 3.04. The maximum Gasteiger partial charge on any atom is 0.217 e. The molecule has 1 heterocycles. The lowest BCUT2D eigenvalue weighted by Crippen LogP contribution is -2.26. The van der Waals surface area contributed by atoms with Gasteiger partial charge in [0.2, 0.25) is 5.91 Å². The zero-order valence-corrected chi connectivity index (χ0v) is 13.0. The molecular formula is C17H14F3N3O. The third-order valence-corrected chi connectivity index (χ3v) is 3.56. The first-order valence-electron chi connectivity index (χ1n) is 7.26. The van der Waals surface area contributed by atoms with Crippen LogP contribution < -0.4 is 5.32 Å². The Balaban J connectivity index is 2.29.